The van der Waals surface area contributed by atoms with Gasteiger partial charge in [-0.15, -0.1) is 0 Å². The number of methoxy groups -OCH3 is 1. The molecule has 1 fully saturated rings. The molecule has 0 radical (unpaired) electrons. The quantitative estimate of drug-likeness (QED) is 0.296. The second-order valence-corrected chi connectivity index (χ2v) is 9.91. The summed E-state index contributed by atoms with van der Waals surface area (Å²) in [7, 11) is 1.65. The summed E-state index contributed by atoms with van der Waals surface area (Å²) in [6, 6.07) is 15.2. The number of rotatable bonds is 13. The van der Waals surface area contributed by atoms with Crippen molar-refractivity contribution in [3.05, 3.63) is 64.8 Å². The summed E-state index contributed by atoms with van der Waals surface area (Å²) >= 11 is 6.30. The normalized spacial score (nSPS) is 14.3. The van der Waals surface area contributed by atoms with Crippen molar-refractivity contribution in [1.82, 2.24) is 14.7 Å². The number of aliphatic hydroxyl groups is 1. The van der Waals surface area contributed by atoms with E-state index in [0.29, 0.717) is 35.7 Å². The molecular formula is C28H36ClN3O3. The number of unbranched alkanes of at least 4 members (excludes halogenated alkanes) is 1. The molecule has 0 aliphatic heterocycles. The van der Waals surface area contributed by atoms with Gasteiger partial charge in [-0.25, -0.2) is 4.68 Å². The van der Waals surface area contributed by atoms with Gasteiger partial charge in [-0.05, 0) is 74.6 Å². The first-order valence-corrected chi connectivity index (χ1v) is 12.9. The molecule has 0 amide bonds. The Kier molecular flexibility index (Phi) is 8.71. The molecule has 1 saturated carbocycles. The number of ether oxygens (including phenoxy) is 2. The van der Waals surface area contributed by atoms with Crippen LogP contribution in [0.15, 0.2) is 48.5 Å². The average molecular weight is 498 g/mol. The number of hydrogen-bond acceptors (Lipinski definition) is 5. The van der Waals surface area contributed by atoms with Gasteiger partial charge in [0.2, 0.25) is 5.88 Å². The van der Waals surface area contributed by atoms with Crippen molar-refractivity contribution in [2.75, 3.05) is 20.2 Å². The first kappa shape index (κ1) is 25.5. The maximum Gasteiger partial charge on any atom is 0.227 e. The van der Waals surface area contributed by atoms with Gasteiger partial charge in [-0.2, -0.15) is 5.10 Å². The SMILES string of the molecule is CCCCC(O)CN(Cc1c(C)nn(-c2cccc(Cl)c2)c1Oc1ccc(OC)cc1)CC1CC1. The third-order valence-corrected chi connectivity index (χ3v) is 6.65. The number of aliphatic hydroxyl groups excluding tert-OH is 1. The van der Waals surface area contributed by atoms with Gasteiger partial charge in [0.15, 0.2) is 0 Å². The second-order valence-electron chi connectivity index (χ2n) is 9.47. The van der Waals surface area contributed by atoms with Crippen molar-refractivity contribution in [1.29, 1.82) is 0 Å². The highest BCUT2D eigenvalue weighted by Gasteiger charge is 2.28. The second kappa shape index (κ2) is 11.9. The molecule has 1 N–H and O–H groups in total. The van der Waals surface area contributed by atoms with Crippen LogP contribution in [-0.2, 0) is 6.54 Å². The van der Waals surface area contributed by atoms with Crippen molar-refractivity contribution in [2.24, 2.45) is 5.92 Å². The molecule has 1 aliphatic rings. The van der Waals surface area contributed by atoms with Gasteiger partial charge >= 0.3 is 0 Å². The largest absolute Gasteiger partial charge is 0.497 e. The Bertz CT molecular complexity index is 1100. The molecule has 1 atom stereocenters. The summed E-state index contributed by atoms with van der Waals surface area (Å²) in [6.07, 6.45) is 5.15. The first-order chi connectivity index (χ1) is 17.0. The van der Waals surface area contributed by atoms with Crippen molar-refractivity contribution >= 4 is 11.6 Å². The number of benzene rings is 2. The number of aryl methyl sites for hydroxylation is 1. The van der Waals surface area contributed by atoms with Gasteiger partial charge < -0.3 is 14.6 Å². The molecule has 3 aromatic rings. The van der Waals surface area contributed by atoms with Crippen LogP contribution < -0.4 is 9.47 Å². The summed E-state index contributed by atoms with van der Waals surface area (Å²) in [5.74, 6) is 2.85. The summed E-state index contributed by atoms with van der Waals surface area (Å²) in [5.41, 5.74) is 2.76. The van der Waals surface area contributed by atoms with Crippen LogP contribution in [-0.4, -0.2) is 46.1 Å². The van der Waals surface area contributed by atoms with Crippen LogP contribution in [0.2, 0.25) is 5.02 Å². The van der Waals surface area contributed by atoms with E-state index in [-0.39, 0.29) is 6.10 Å². The Balaban J connectivity index is 1.66. The molecule has 188 valence electrons. The van der Waals surface area contributed by atoms with Gasteiger partial charge in [0.05, 0.1) is 30.2 Å². The monoisotopic (exact) mass is 497 g/mol. The topological polar surface area (TPSA) is 59.8 Å². The minimum atomic E-state index is -0.331. The highest BCUT2D eigenvalue weighted by molar-refractivity contribution is 6.30. The fraction of sp³-hybridized carbons (Fsp3) is 0.464. The molecule has 4 rings (SSSR count). The zero-order valence-corrected chi connectivity index (χ0v) is 21.7. The fourth-order valence-electron chi connectivity index (χ4n) is 4.29. The van der Waals surface area contributed by atoms with Crippen LogP contribution in [0.3, 0.4) is 0 Å². The van der Waals surface area contributed by atoms with E-state index >= 15 is 0 Å². The number of hydrogen-bond donors (Lipinski definition) is 1. The zero-order valence-electron chi connectivity index (χ0n) is 20.9. The van der Waals surface area contributed by atoms with Crippen LogP contribution in [0.4, 0.5) is 0 Å². The van der Waals surface area contributed by atoms with Gasteiger partial charge in [0, 0.05) is 24.7 Å². The van der Waals surface area contributed by atoms with Crippen LogP contribution >= 0.6 is 11.6 Å². The van der Waals surface area contributed by atoms with Crippen LogP contribution in [0, 0.1) is 12.8 Å². The molecule has 0 bridgehead atoms. The molecule has 7 heteroatoms. The van der Waals surface area contributed by atoms with E-state index in [1.54, 1.807) is 7.11 Å². The third-order valence-electron chi connectivity index (χ3n) is 6.42. The maximum atomic E-state index is 10.7. The van der Waals surface area contributed by atoms with Crippen molar-refractivity contribution in [3.8, 4) is 23.1 Å². The standard InChI is InChI=1S/C28H36ClN3O3/c1-4-5-9-24(33)18-31(17-21-10-11-21)19-27-20(2)30-32(23-8-6-7-22(29)16-23)28(27)35-26-14-12-25(34-3)13-15-26/h6-8,12-16,21,24,33H,4-5,9-11,17-19H2,1-3H3. The predicted molar refractivity (Wildman–Crippen MR) is 140 cm³/mol. The molecule has 2 aromatic carbocycles. The van der Waals surface area contributed by atoms with E-state index in [4.69, 9.17) is 26.2 Å². The number of halogens is 1. The fourth-order valence-corrected chi connectivity index (χ4v) is 4.47. The molecule has 1 aromatic heterocycles. The lowest BCUT2D eigenvalue weighted by atomic mass is 10.1. The van der Waals surface area contributed by atoms with Crippen molar-refractivity contribution < 1.29 is 14.6 Å². The molecule has 35 heavy (non-hydrogen) atoms. The molecular weight excluding hydrogens is 462 g/mol. The lowest BCUT2D eigenvalue weighted by Crippen LogP contribution is -2.34. The Hall–Kier alpha value is -2.54. The van der Waals surface area contributed by atoms with Gasteiger partial charge in [-0.3, -0.25) is 4.90 Å². The maximum absolute atomic E-state index is 10.7. The van der Waals surface area contributed by atoms with Gasteiger partial charge in [0.25, 0.3) is 0 Å². The lowest BCUT2D eigenvalue weighted by Gasteiger charge is -2.25. The van der Waals surface area contributed by atoms with Gasteiger partial charge in [0.1, 0.15) is 11.5 Å². The van der Waals surface area contributed by atoms with E-state index in [1.807, 2.05) is 60.1 Å². The van der Waals surface area contributed by atoms with Crippen molar-refractivity contribution in [2.45, 2.75) is 58.6 Å². The summed E-state index contributed by atoms with van der Waals surface area (Å²) in [5, 5.41) is 16.2. The van der Waals surface area contributed by atoms with E-state index in [2.05, 4.69) is 11.8 Å². The summed E-state index contributed by atoms with van der Waals surface area (Å²) < 4.78 is 13.6. The Morgan fingerprint density at radius 3 is 2.57 bits per heavy atom. The minimum absolute atomic E-state index is 0.331. The van der Waals surface area contributed by atoms with Crippen LogP contribution in [0.1, 0.15) is 50.3 Å². The van der Waals surface area contributed by atoms with E-state index in [9.17, 15) is 5.11 Å². The van der Waals surface area contributed by atoms with Crippen LogP contribution in [0.25, 0.3) is 5.69 Å². The lowest BCUT2D eigenvalue weighted by molar-refractivity contribution is 0.0965. The molecule has 0 saturated heterocycles. The Morgan fingerprint density at radius 2 is 1.91 bits per heavy atom. The summed E-state index contributed by atoms with van der Waals surface area (Å²) in [4.78, 5) is 2.37. The highest BCUT2D eigenvalue weighted by Crippen LogP contribution is 2.35. The van der Waals surface area contributed by atoms with E-state index < -0.39 is 0 Å². The Morgan fingerprint density at radius 1 is 1.17 bits per heavy atom. The Labute approximate surface area is 213 Å². The number of aromatic nitrogens is 2. The van der Waals surface area contributed by atoms with E-state index in [0.717, 1.165) is 48.5 Å². The van der Waals surface area contributed by atoms with Crippen LogP contribution in [0.5, 0.6) is 17.4 Å². The number of nitrogens with zero attached hydrogens (tertiary/aromatic N) is 3. The smallest absolute Gasteiger partial charge is 0.227 e. The van der Waals surface area contributed by atoms with Crippen molar-refractivity contribution in [3.63, 3.8) is 0 Å². The minimum Gasteiger partial charge on any atom is -0.497 e. The first-order valence-electron chi connectivity index (χ1n) is 12.5. The molecule has 1 heterocycles. The highest BCUT2D eigenvalue weighted by atomic mass is 35.5. The third kappa shape index (κ3) is 7.00. The van der Waals surface area contributed by atoms with E-state index in [1.165, 1.54) is 12.8 Å². The molecule has 0 spiro atoms. The average Bonchev–Trinajstić information content (AvgIpc) is 3.62. The van der Waals surface area contributed by atoms with Gasteiger partial charge in [-0.1, -0.05) is 37.4 Å². The molecule has 6 nitrogen and oxygen atoms in total. The summed E-state index contributed by atoms with van der Waals surface area (Å²) in [6.45, 7) is 6.47. The molecule has 1 unspecified atom stereocenters. The zero-order chi connectivity index (χ0) is 24.8. The predicted octanol–water partition coefficient (Wildman–Crippen LogP) is 6.40. The molecule has 1 aliphatic carbocycles.